The molecule has 0 radical (unpaired) electrons. The number of piperazine rings is 1. The molecule has 0 bridgehead atoms. The lowest BCUT2D eigenvalue weighted by Gasteiger charge is -2.43. The van der Waals surface area contributed by atoms with Gasteiger partial charge in [0.25, 0.3) is 0 Å². The van der Waals surface area contributed by atoms with Crippen molar-refractivity contribution < 1.29 is 22.7 Å². The Morgan fingerprint density at radius 1 is 0.981 bits per heavy atom. The van der Waals surface area contributed by atoms with Crippen molar-refractivity contribution in [2.75, 3.05) is 45.9 Å². The van der Waals surface area contributed by atoms with Gasteiger partial charge in [-0.3, -0.25) is 19.6 Å². The van der Waals surface area contributed by atoms with Gasteiger partial charge in [0.2, 0.25) is 0 Å². The molecular weight excluding hydrogens is 688 g/mol. The number of halogens is 3. The first-order chi connectivity index (χ1) is 26.0. The van der Waals surface area contributed by atoms with Gasteiger partial charge < -0.3 is 14.6 Å². The van der Waals surface area contributed by atoms with Crippen LogP contribution in [0.3, 0.4) is 0 Å². The predicted octanol–water partition coefficient (Wildman–Crippen LogP) is 8.60. The molecule has 7 rings (SSSR count). The quantitative estimate of drug-likeness (QED) is 0.131. The van der Waals surface area contributed by atoms with Crippen LogP contribution in [0.2, 0.25) is 0 Å². The second-order valence-electron chi connectivity index (χ2n) is 16.1. The second-order valence-corrected chi connectivity index (χ2v) is 16.1. The van der Waals surface area contributed by atoms with Gasteiger partial charge in [-0.05, 0) is 87.4 Å². The third-order valence-corrected chi connectivity index (χ3v) is 11.4. The van der Waals surface area contributed by atoms with Crippen LogP contribution in [0.1, 0.15) is 99.5 Å². The molecule has 0 spiro atoms. The van der Waals surface area contributed by atoms with Crippen molar-refractivity contribution in [3.8, 4) is 5.75 Å². The Bertz CT molecular complexity index is 1970. The van der Waals surface area contributed by atoms with Crippen LogP contribution in [-0.4, -0.2) is 88.0 Å². The number of unbranched alkanes of at least 4 members (excludes halogenated alkanes) is 3. The summed E-state index contributed by atoms with van der Waals surface area (Å²) in [5.74, 6) is -0.986. The SMILES string of the molecule is CCC1=Cc2ncc(CN3CCN(CCCCCCOc4cc(F)c([C@@H]5c6[nH]c7ccccc7c6C[C@@H](C)N5CC(C)(C)F)c(F)c4)CC3)cc2CC1=O. The minimum Gasteiger partial charge on any atom is -0.493 e. The van der Waals surface area contributed by atoms with Gasteiger partial charge in [0.05, 0.1) is 18.3 Å². The zero-order chi connectivity index (χ0) is 38.0. The summed E-state index contributed by atoms with van der Waals surface area (Å²) in [7, 11) is 0. The molecule has 1 saturated heterocycles. The Kier molecular flexibility index (Phi) is 11.6. The summed E-state index contributed by atoms with van der Waals surface area (Å²) >= 11 is 0. The molecule has 0 amide bonds. The van der Waals surface area contributed by atoms with E-state index in [0.717, 1.165) is 110 Å². The van der Waals surface area contributed by atoms with Gasteiger partial charge >= 0.3 is 0 Å². The average Bonchev–Trinajstić information content (AvgIpc) is 3.50. The first-order valence-electron chi connectivity index (χ1n) is 19.8. The number of Topliss-reactive ketones (excluding diaryl/α,β-unsaturated/α-hetero) is 1. The van der Waals surface area contributed by atoms with Gasteiger partial charge in [-0.25, -0.2) is 13.2 Å². The van der Waals surface area contributed by atoms with E-state index in [0.29, 0.717) is 19.4 Å². The van der Waals surface area contributed by atoms with Crippen LogP contribution in [0.5, 0.6) is 5.75 Å². The Balaban J connectivity index is 0.867. The lowest BCUT2D eigenvalue weighted by molar-refractivity contribution is -0.115. The number of ether oxygens (including phenoxy) is 1. The minimum absolute atomic E-state index is 0.0392. The number of fused-ring (bicyclic) bond motifs is 4. The summed E-state index contributed by atoms with van der Waals surface area (Å²) in [6.07, 6.45) is 9.69. The highest BCUT2D eigenvalue weighted by Crippen LogP contribution is 2.43. The van der Waals surface area contributed by atoms with Crippen molar-refractivity contribution in [1.29, 1.82) is 0 Å². The number of hydrogen-bond acceptors (Lipinski definition) is 6. The Labute approximate surface area is 317 Å². The highest BCUT2D eigenvalue weighted by molar-refractivity contribution is 6.03. The number of carbonyl (C=O) groups is 1. The molecule has 2 aromatic carbocycles. The Morgan fingerprint density at radius 3 is 2.44 bits per heavy atom. The van der Waals surface area contributed by atoms with Crippen molar-refractivity contribution in [3.05, 3.63) is 99.5 Å². The maximum atomic E-state index is 16.0. The Hall–Kier alpha value is -3.99. The number of nitrogens with one attached hydrogen (secondary N) is 1. The van der Waals surface area contributed by atoms with E-state index in [1.807, 2.05) is 55.3 Å². The lowest BCUT2D eigenvalue weighted by atomic mass is 9.87. The monoisotopic (exact) mass is 741 g/mol. The standard InChI is InChI=1S/C44H54F3N5O2/c1-5-31-22-39-32(23-40(31)53)21-30(26-48-39)27-51-17-15-50(16-18-51)14-10-6-7-11-19-54-33-24-36(45)41(37(46)25-33)43-42-35(34-12-8-9-13-38(34)49-42)20-29(2)52(43)28-44(3,4)47/h8-9,12-13,21-22,24-26,29,43,49H,5-7,10-11,14-20,23,27-28H2,1-4H3/t29-,43-/m1/s1. The van der Waals surface area contributed by atoms with E-state index < -0.39 is 23.3 Å². The van der Waals surface area contributed by atoms with Gasteiger partial charge in [-0.15, -0.1) is 0 Å². The summed E-state index contributed by atoms with van der Waals surface area (Å²) in [6, 6.07) is 11.7. The van der Waals surface area contributed by atoms with Crippen LogP contribution in [0, 0.1) is 11.6 Å². The molecule has 2 atom stereocenters. The number of alkyl halides is 1. The molecule has 54 heavy (non-hydrogen) atoms. The molecule has 4 heterocycles. The third-order valence-electron chi connectivity index (χ3n) is 11.4. The van der Waals surface area contributed by atoms with Crippen molar-refractivity contribution >= 4 is 22.8 Å². The number of H-pyrrole nitrogens is 1. The van der Waals surface area contributed by atoms with Crippen LogP contribution in [0.4, 0.5) is 13.2 Å². The largest absolute Gasteiger partial charge is 0.493 e. The molecule has 1 fully saturated rings. The van der Waals surface area contributed by atoms with Crippen LogP contribution in [0.25, 0.3) is 17.0 Å². The molecule has 2 aliphatic heterocycles. The summed E-state index contributed by atoms with van der Waals surface area (Å²) in [6.45, 7) is 13.4. The topological polar surface area (TPSA) is 64.7 Å². The van der Waals surface area contributed by atoms with Crippen LogP contribution < -0.4 is 4.74 Å². The van der Waals surface area contributed by atoms with E-state index in [9.17, 15) is 4.79 Å². The van der Waals surface area contributed by atoms with Crippen LogP contribution >= 0.6 is 0 Å². The number of rotatable bonds is 14. The highest BCUT2D eigenvalue weighted by Gasteiger charge is 2.41. The molecule has 2 aromatic heterocycles. The fourth-order valence-corrected chi connectivity index (χ4v) is 8.57. The van der Waals surface area contributed by atoms with E-state index in [4.69, 9.17) is 4.74 Å². The van der Waals surface area contributed by atoms with E-state index in [1.54, 1.807) is 0 Å². The van der Waals surface area contributed by atoms with E-state index in [1.165, 1.54) is 31.5 Å². The number of benzene rings is 2. The van der Waals surface area contributed by atoms with E-state index in [2.05, 4.69) is 25.8 Å². The van der Waals surface area contributed by atoms with Crippen molar-refractivity contribution in [3.63, 3.8) is 0 Å². The fraction of sp³-hybridized carbons (Fsp3) is 0.500. The number of pyridine rings is 1. The molecule has 0 unspecified atom stereocenters. The Morgan fingerprint density at radius 2 is 1.70 bits per heavy atom. The number of nitrogens with zero attached hydrogens (tertiary/aromatic N) is 4. The van der Waals surface area contributed by atoms with Crippen LogP contribution in [-0.2, 0) is 24.2 Å². The molecule has 0 saturated carbocycles. The zero-order valence-corrected chi connectivity index (χ0v) is 32.2. The first kappa shape index (κ1) is 38.3. The fourth-order valence-electron chi connectivity index (χ4n) is 8.57. The van der Waals surface area contributed by atoms with Gasteiger partial charge in [0.1, 0.15) is 23.1 Å². The molecular formula is C44H54F3N5O2. The van der Waals surface area contributed by atoms with E-state index >= 15 is 13.2 Å². The first-order valence-corrected chi connectivity index (χ1v) is 19.8. The summed E-state index contributed by atoms with van der Waals surface area (Å²) in [4.78, 5) is 27.3. The molecule has 4 aromatic rings. The van der Waals surface area contributed by atoms with Gasteiger partial charge in [-0.2, -0.15) is 0 Å². The van der Waals surface area contributed by atoms with Crippen molar-refractivity contribution in [2.24, 2.45) is 0 Å². The minimum atomic E-state index is -1.55. The molecule has 3 aliphatic rings. The zero-order valence-electron chi connectivity index (χ0n) is 32.2. The highest BCUT2D eigenvalue weighted by atomic mass is 19.1. The normalized spacial score (nSPS) is 19.9. The smallest absolute Gasteiger partial charge is 0.163 e. The number of aromatic amines is 1. The molecule has 1 aliphatic carbocycles. The lowest BCUT2D eigenvalue weighted by Crippen LogP contribution is -2.48. The maximum absolute atomic E-state index is 16.0. The number of para-hydroxylation sites is 1. The summed E-state index contributed by atoms with van der Waals surface area (Å²) < 4.78 is 52.9. The average molecular weight is 742 g/mol. The molecule has 288 valence electrons. The molecule has 7 nitrogen and oxygen atoms in total. The maximum Gasteiger partial charge on any atom is 0.163 e. The molecule has 10 heteroatoms. The van der Waals surface area contributed by atoms with E-state index in [-0.39, 0.29) is 29.7 Å². The summed E-state index contributed by atoms with van der Waals surface area (Å²) in [5.41, 5.74) is 5.03. The van der Waals surface area contributed by atoms with Crippen molar-refractivity contribution in [2.45, 2.75) is 96.9 Å². The van der Waals surface area contributed by atoms with Crippen LogP contribution in [0.15, 0.2) is 54.2 Å². The molecule has 1 N–H and O–H groups in total. The number of allylic oxidation sites excluding steroid dienone is 1. The number of aromatic nitrogens is 2. The summed E-state index contributed by atoms with van der Waals surface area (Å²) in [5, 5.41) is 1.03. The van der Waals surface area contributed by atoms with Gasteiger partial charge in [0.15, 0.2) is 5.78 Å². The van der Waals surface area contributed by atoms with Gasteiger partial charge in [-0.1, -0.05) is 44.0 Å². The van der Waals surface area contributed by atoms with Gasteiger partial charge in [0, 0.05) is 92.2 Å². The number of carbonyl (C=O) groups excluding carboxylic acids is 1. The second kappa shape index (κ2) is 16.4. The number of ketones is 1. The number of hydrogen-bond donors (Lipinski definition) is 1. The van der Waals surface area contributed by atoms with Crippen molar-refractivity contribution in [1.82, 2.24) is 24.7 Å². The predicted molar refractivity (Wildman–Crippen MR) is 208 cm³/mol. The third kappa shape index (κ3) is 8.61.